The number of nitrogens with one attached hydrogen (secondary N) is 1. The van der Waals surface area contributed by atoms with Gasteiger partial charge in [-0.05, 0) is 38.9 Å². The lowest BCUT2D eigenvalue weighted by Gasteiger charge is -2.28. The monoisotopic (exact) mass is 237 g/mol. The predicted octanol–water partition coefficient (Wildman–Crippen LogP) is 2.47. The Morgan fingerprint density at radius 1 is 1.29 bits per heavy atom. The predicted molar refractivity (Wildman–Crippen MR) is 67.9 cm³/mol. The molecule has 1 aliphatic rings. The van der Waals surface area contributed by atoms with Crippen LogP contribution in [-0.2, 0) is 11.2 Å². The van der Waals surface area contributed by atoms with Crippen LogP contribution in [0.2, 0.25) is 0 Å². The zero-order valence-corrected chi connectivity index (χ0v) is 11.1. The van der Waals surface area contributed by atoms with Crippen molar-refractivity contribution in [2.45, 2.75) is 45.4 Å². The van der Waals surface area contributed by atoms with E-state index in [0.29, 0.717) is 30.1 Å². The van der Waals surface area contributed by atoms with Crippen molar-refractivity contribution in [1.82, 2.24) is 5.32 Å². The first-order valence-corrected chi connectivity index (χ1v) is 6.48. The molecule has 1 aliphatic heterocycles. The Kier molecular flexibility index (Phi) is 3.89. The molecule has 1 saturated heterocycles. The lowest BCUT2D eigenvalue weighted by Crippen LogP contribution is -2.41. The zero-order valence-electron chi connectivity index (χ0n) is 11.1. The lowest BCUT2D eigenvalue weighted by atomic mass is 9.82. The average molecular weight is 237 g/mol. The number of likely N-dealkylation sites (N-methyl/N-ethyl adjacent to an activating group) is 1. The number of ether oxygens (including phenoxy) is 1. The molecule has 0 saturated carbocycles. The normalized spacial score (nSPS) is 35.1. The van der Waals surface area contributed by atoms with E-state index in [1.807, 2.05) is 19.2 Å². The van der Waals surface area contributed by atoms with E-state index in [-0.39, 0.29) is 0 Å². The first-order valence-electron chi connectivity index (χ1n) is 6.48. The van der Waals surface area contributed by atoms with Gasteiger partial charge in [0.2, 0.25) is 0 Å². The Hall–Kier alpha value is -0.800. The maximum Gasteiger partial charge on any atom is 0.105 e. The van der Waals surface area contributed by atoms with Crippen LogP contribution in [0, 0.1) is 11.8 Å². The molecule has 1 fully saturated rings. The van der Waals surface area contributed by atoms with Crippen LogP contribution in [0.4, 0.5) is 0 Å². The van der Waals surface area contributed by atoms with E-state index in [2.05, 4.69) is 26.1 Å². The third-order valence-electron chi connectivity index (χ3n) is 4.16. The number of hydrogen-bond acceptors (Lipinski definition) is 3. The van der Waals surface area contributed by atoms with E-state index < -0.39 is 0 Å². The molecular weight excluding hydrogens is 214 g/mol. The standard InChI is InChI=1S/C14H23NO2/c1-9-10(2)17-11(3)14(9)13(15-4)8-12-6-5-7-16-12/h5-7,9-11,13-15H,8H2,1-4H3. The van der Waals surface area contributed by atoms with E-state index >= 15 is 0 Å². The molecule has 3 heteroatoms. The van der Waals surface area contributed by atoms with Gasteiger partial charge < -0.3 is 14.5 Å². The molecule has 0 aliphatic carbocycles. The molecule has 5 atom stereocenters. The maximum atomic E-state index is 5.92. The second-order valence-corrected chi connectivity index (χ2v) is 5.16. The van der Waals surface area contributed by atoms with Gasteiger partial charge in [-0.2, -0.15) is 0 Å². The molecular formula is C14H23NO2. The van der Waals surface area contributed by atoms with E-state index in [1.165, 1.54) is 0 Å². The molecule has 2 heterocycles. The summed E-state index contributed by atoms with van der Waals surface area (Å²) < 4.78 is 11.4. The topological polar surface area (TPSA) is 34.4 Å². The van der Waals surface area contributed by atoms with Crippen LogP contribution >= 0.6 is 0 Å². The molecule has 2 rings (SSSR count). The molecule has 5 unspecified atom stereocenters. The molecule has 0 radical (unpaired) electrons. The SMILES string of the molecule is CNC(Cc1ccco1)C1C(C)OC(C)C1C. The number of rotatable bonds is 4. The third kappa shape index (κ3) is 2.55. The maximum absolute atomic E-state index is 5.92. The van der Waals surface area contributed by atoms with Crippen molar-refractivity contribution in [3.05, 3.63) is 24.2 Å². The van der Waals surface area contributed by atoms with Crippen molar-refractivity contribution in [3.63, 3.8) is 0 Å². The highest BCUT2D eigenvalue weighted by Crippen LogP contribution is 2.35. The first kappa shape index (κ1) is 12.7. The first-order chi connectivity index (χ1) is 8.13. The van der Waals surface area contributed by atoms with E-state index in [9.17, 15) is 0 Å². The van der Waals surface area contributed by atoms with Crippen LogP contribution in [0.15, 0.2) is 22.8 Å². The summed E-state index contributed by atoms with van der Waals surface area (Å²) in [6.45, 7) is 6.63. The van der Waals surface area contributed by atoms with Crippen molar-refractivity contribution in [2.75, 3.05) is 7.05 Å². The largest absolute Gasteiger partial charge is 0.469 e. The average Bonchev–Trinajstić information content (AvgIpc) is 2.87. The van der Waals surface area contributed by atoms with Crippen molar-refractivity contribution in [3.8, 4) is 0 Å². The second-order valence-electron chi connectivity index (χ2n) is 5.16. The minimum absolute atomic E-state index is 0.312. The van der Waals surface area contributed by atoms with Crippen molar-refractivity contribution < 1.29 is 9.15 Å². The zero-order chi connectivity index (χ0) is 12.4. The molecule has 0 spiro atoms. The smallest absolute Gasteiger partial charge is 0.105 e. The minimum atomic E-state index is 0.312. The molecule has 1 aromatic heterocycles. The van der Waals surface area contributed by atoms with Gasteiger partial charge >= 0.3 is 0 Å². The van der Waals surface area contributed by atoms with Crippen LogP contribution in [0.1, 0.15) is 26.5 Å². The van der Waals surface area contributed by atoms with Crippen LogP contribution < -0.4 is 5.32 Å². The van der Waals surface area contributed by atoms with Gasteiger partial charge in [0.05, 0.1) is 18.5 Å². The van der Waals surface area contributed by atoms with Crippen LogP contribution in [0.3, 0.4) is 0 Å². The third-order valence-corrected chi connectivity index (χ3v) is 4.16. The molecule has 96 valence electrons. The van der Waals surface area contributed by atoms with Crippen LogP contribution in [0.25, 0.3) is 0 Å². The van der Waals surface area contributed by atoms with Crippen molar-refractivity contribution in [2.24, 2.45) is 11.8 Å². The van der Waals surface area contributed by atoms with E-state index in [4.69, 9.17) is 9.15 Å². The molecule has 0 aromatic carbocycles. The molecule has 17 heavy (non-hydrogen) atoms. The highest BCUT2D eigenvalue weighted by molar-refractivity contribution is 5.03. The number of hydrogen-bond donors (Lipinski definition) is 1. The molecule has 3 nitrogen and oxygen atoms in total. The van der Waals surface area contributed by atoms with Gasteiger partial charge in [0.15, 0.2) is 0 Å². The van der Waals surface area contributed by atoms with Crippen molar-refractivity contribution >= 4 is 0 Å². The molecule has 0 bridgehead atoms. The van der Waals surface area contributed by atoms with Crippen LogP contribution in [-0.4, -0.2) is 25.3 Å². The van der Waals surface area contributed by atoms with E-state index in [1.54, 1.807) is 6.26 Å². The molecule has 1 N–H and O–H groups in total. The molecule has 0 amide bonds. The molecule has 1 aromatic rings. The number of furan rings is 1. The van der Waals surface area contributed by atoms with Crippen LogP contribution in [0.5, 0.6) is 0 Å². The van der Waals surface area contributed by atoms with Gasteiger partial charge in [-0.25, -0.2) is 0 Å². The highest BCUT2D eigenvalue weighted by Gasteiger charge is 2.41. The summed E-state index contributed by atoms with van der Waals surface area (Å²) in [6, 6.07) is 4.40. The van der Waals surface area contributed by atoms with Gasteiger partial charge in [0.1, 0.15) is 5.76 Å². The quantitative estimate of drug-likeness (QED) is 0.873. The summed E-state index contributed by atoms with van der Waals surface area (Å²) in [5.41, 5.74) is 0. The summed E-state index contributed by atoms with van der Waals surface area (Å²) in [7, 11) is 2.02. The van der Waals surface area contributed by atoms with Gasteiger partial charge in [-0.15, -0.1) is 0 Å². The summed E-state index contributed by atoms with van der Waals surface area (Å²) in [6.07, 6.45) is 3.33. The Morgan fingerprint density at radius 3 is 2.53 bits per heavy atom. The van der Waals surface area contributed by atoms with Gasteiger partial charge in [0.25, 0.3) is 0 Å². The summed E-state index contributed by atoms with van der Waals surface area (Å²) in [5.74, 6) is 2.17. The summed E-state index contributed by atoms with van der Waals surface area (Å²) >= 11 is 0. The fourth-order valence-corrected chi connectivity index (χ4v) is 3.06. The fourth-order valence-electron chi connectivity index (χ4n) is 3.06. The van der Waals surface area contributed by atoms with Gasteiger partial charge in [-0.1, -0.05) is 6.92 Å². The highest BCUT2D eigenvalue weighted by atomic mass is 16.5. The Balaban J connectivity index is 2.07. The minimum Gasteiger partial charge on any atom is -0.469 e. The van der Waals surface area contributed by atoms with Gasteiger partial charge in [-0.3, -0.25) is 0 Å². The van der Waals surface area contributed by atoms with E-state index in [0.717, 1.165) is 12.2 Å². The lowest BCUT2D eigenvalue weighted by molar-refractivity contribution is 0.0477. The Labute approximate surface area is 104 Å². The van der Waals surface area contributed by atoms with Gasteiger partial charge in [0, 0.05) is 18.4 Å². The fraction of sp³-hybridized carbons (Fsp3) is 0.714. The summed E-state index contributed by atoms with van der Waals surface area (Å²) in [5, 5.41) is 3.42. The Morgan fingerprint density at radius 2 is 2.06 bits per heavy atom. The second kappa shape index (κ2) is 5.23. The van der Waals surface area contributed by atoms with Crippen molar-refractivity contribution in [1.29, 1.82) is 0 Å². The Bertz CT molecular complexity index is 336. The summed E-state index contributed by atoms with van der Waals surface area (Å²) in [4.78, 5) is 0.